The number of carbonyl (C=O) groups is 2. The Kier molecular flexibility index (Phi) is 51.9. The van der Waals surface area contributed by atoms with Crippen LogP contribution in [0.4, 0.5) is 0 Å². The first kappa shape index (κ1) is 60.5. The third-order valence-corrected chi connectivity index (χ3v) is 10.4. The smallest absolute Gasteiger partial charge is 0.282 e. The van der Waals surface area contributed by atoms with Crippen LogP contribution in [0, 0.1) is 0 Å². The van der Waals surface area contributed by atoms with Crippen LogP contribution >= 0.6 is 0 Å². The van der Waals surface area contributed by atoms with Gasteiger partial charge in [-0.05, 0) is 44.9 Å². The number of amides is 2. The molecule has 0 aliphatic carbocycles. The molecule has 0 fully saturated rings. The van der Waals surface area contributed by atoms with Gasteiger partial charge >= 0.3 is 0 Å². The molecule has 0 aromatic carbocycles. The molecular formula is C44H90Cl3N6O2-. The molecule has 2 atom stereocenters. The average molecular weight is 842 g/mol. The van der Waals surface area contributed by atoms with Crippen LogP contribution in [0.1, 0.15) is 206 Å². The zero-order valence-corrected chi connectivity index (χ0v) is 38.2. The molecule has 10 N–H and O–H groups in total. The van der Waals surface area contributed by atoms with Gasteiger partial charge in [0.2, 0.25) is 0 Å². The lowest BCUT2D eigenvalue weighted by molar-refractivity contribution is -0.408. The summed E-state index contributed by atoms with van der Waals surface area (Å²) in [6.45, 7) is 10.7. The number of unbranched alkanes of at least 4 members (excludes halogenated alkanes) is 25. The standard InChI is InChI=1S/C44H88N6O2.3ClH/c1-4-6-8-10-12-14-16-18-20-21-23-25-27-29-31-33-38-50(37-32-30-28-26-24-22-19-17-15-13-11-9-7-5-2)44(52)42(47)39-49-43(51)41(46)35-34-36-48-40(3)45;;;/h18,20,41-42,48H,3-17,19,21-39,45-47H2,1-2H3,(H,49,51);3*1H/p-1/b20-18-;;;. The van der Waals surface area contributed by atoms with Gasteiger partial charge in [0.25, 0.3) is 11.8 Å². The van der Waals surface area contributed by atoms with Gasteiger partial charge in [-0.3, -0.25) is 9.59 Å². The summed E-state index contributed by atoms with van der Waals surface area (Å²) in [6, 6.07) is -0.859. The fraction of sp³-hybridized carbons (Fsp3) is 0.864. The number of carbonyl (C=O) groups excluding carboxylic acids is 2. The summed E-state index contributed by atoms with van der Waals surface area (Å²) >= 11 is 0. The molecule has 8 nitrogen and oxygen atoms in total. The molecule has 2 amide bonds. The number of halogens is 3. The van der Waals surface area contributed by atoms with Crippen molar-refractivity contribution in [1.29, 1.82) is 0 Å². The number of rotatable bonds is 40. The molecule has 0 aliphatic rings. The summed E-state index contributed by atoms with van der Waals surface area (Å²) < 4.78 is 0. The summed E-state index contributed by atoms with van der Waals surface area (Å²) in [5.41, 5.74) is 13.7. The molecule has 11 heteroatoms. The quantitative estimate of drug-likeness (QED) is 0.0419. The SMILES string of the molecule is C=C(N)NCCCC([NH3+])C(=O)NCC([NH3+])C(=O)N(CCCCCCCC/C=C\CCCCCCCC)CCCCCCCCCCCCCCCC.[Cl-].[Cl-].[Cl-]. The lowest BCUT2D eigenvalue weighted by atomic mass is 10.0. The molecule has 0 saturated heterocycles. The molecule has 0 aromatic rings. The number of allylic oxidation sites excluding steroid dienone is 2. The molecule has 0 rings (SSSR count). The highest BCUT2D eigenvalue weighted by atomic mass is 35.5. The van der Waals surface area contributed by atoms with Crippen LogP contribution in [-0.4, -0.2) is 55.0 Å². The van der Waals surface area contributed by atoms with E-state index >= 15 is 0 Å². The number of nitrogens with one attached hydrogen (secondary N) is 2. The van der Waals surface area contributed by atoms with Crippen molar-refractivity contribution in [2.24, 2.45) is 5.73 Å². The molecule has 2 unspecified atom stereocenters. The number of nitrogens with two attached hydrogens (primary N) is 1. The number of nitrogens with zero attached hydrogens (tertiary/aromatic N) is 1. The molecule has 0 radical (unpaired) electrons. The Morgan fingerprint density at radius 2 is 0.927 bits per heavy atom. The van der Waals surface area contributed by atoms with E-state index in [9.17, 15) is 9.59 Å². The Hall–Kier alpha value is -1.19. The maximum Gasteiger partial charge on any atom is 0.282 e. The predicted molar refractivity (Wildman–Crippen MR) is 223 cm³/mol. The van der Waals surface area contributed by atoms with E-state index in [2.05, 4.69) is 54.7 Å². The molecule has 0 heterocycles. The van der Waals surface area contributed by atoms with Gasteiger partial charge < -0.3 is 70.0 Å². The maximum absolute atomic E-state index is 13.5. The average Bonchev–Trinajstić information content (AvgIpc) is 3.13. The van der Waals surface area contributed by atoms with Crippen molar-refractivity contribution in [3.8, 4) is 0 Å². The summed E-state index contributed by atoms with van der Waals surface area (Å²) in [6.07, 6.45) is 42.7. The second kappa shape index (κ2) is 47.2. The van der Waals surface area contributed by atoms with Gasteiger partial charge in [0.15, 0.2) is 12.1 Å². The van der Waals surface area contributed by atoms with Crippen LogP contribution in [0.2, 0.25) is 0 Å². The predicted octanol–water partition coefficient (Wildman–Crippen LogP) is -0.517. The Morgan fingerprint density at radius 1 is 0.564 bits per heavy atom. The number of hydrogen-bond donors (Lipinski definition) is 5. The van der Waals surface area contributed by atoms with E-state index in [-0.39, 0.29) is 61.6 Å². The largest absolute Gasteiger partial charge is 1.00 e. The highest BCUT2D eigenvalue weighted by molar-refractivity contribution is 5.83. The van der Waals surface area contributed by atoms with Gasteiger partial charge in [-0.15, -0.1) is 0 Å². The summed E-state index contributed by atoms with van der Waals surface area (Å²) in [5.74, 6) is 0.369. The zero-order chi connectivity index (χ0) is 38.3. The van der Waals surface area contributed by atoms with Gasteiger partial charge in [0.1, 0.15) is 0 Å². The van der Waals surface area contributed by atoms with E-state index in [1.54, 1.807) is 0 Å². The van der Waals surface area contributed by atoms with Crippen LogP contribution in [0.5, 0.6) is 0 Å². The van der Waals surface area contributed by atoms with Crippen LogP contribution in [-0.2, 0) is 9.59 Å². The van der Waals surface area contributed by atoms with E-state index in [0.717, 1.165) is 38.8 Å². The van der Waals surface area contributed by atoms with Crippen LogP contribution in [0.15, 0.2) is 24.6 Å². The lowest BCUT2D eigenvalue weighted by Crippen LogP contribution is -3.00. The monoisotopic (exact) mass is 840 g/mol. The second-order valence-electron chi connectivity index (χ2n) is 15.6. The zero-order valence-electron chi connectivity index (χ0n) is 35.9. The molecule has 0 bridgehead atoms. The van der Waals surface area contributed by atoms with Crippen LogP contribution in [0.25, 0.3) is 0 Å². The van der Waals surface area contributed by atoms with Crippen molar-refractivity contribution in [2.75, 3.05) is 26.2 Å². The fourth-order valence-corrected chi connectivity index (χ4v) is 6.82. The Bertz CT molecular complexity index is 867. The molecule has 330 valence electrons. The fourth-order valence-electron chi connectivity index (χ4n) is 6.82. The first-order valence-corrected chi connectivity index (χ1v) is 22.4. The van der Waals surface area contributed by atoms with E-state index in [0.29, 0.717) is 18.8 Å². The summed E-state index contributed by atoms with van der Waals surface area (Å²) in [7, 11) is 0. The van der Waals surface area contributed by atoms with E-state index in [1.165, 1.54) is 161 Å². The van der Waals surface area contributed by atoms with Crippen molar-refractivity contribution in [3.05, 3.63) is 24.6 Å². The third-order valence-electron chi connectivity index (χ3n) is 10.4. The minimum Gasteiger partial charge on any atom is -1.00 e. The lowest BCUT2D eigenvalue weighted by Gasteiger charge is -2.25. The Morgan fingerprint density at radius 3 is 1.31 bits per heavy atom. The first-order chi connectivity index (χ1) is 25.3. The van der Waals surface area contributed by atoms with Crippen molar-refractivity contribution < 1.29 is 58.3 Å². The first-order valence-electron chi connectivity index (χ1n) is 22.4. The Balaban J connectivity index is -0.00000433. The van der Waals surface area contributed by atoms with Crippen molar-refractivity contribution in [2.45, 2.75) is 219 Å². The third kappa shape index (κ3) is 42.2. The minimum absolute atomic E-state index is 0. The number of quaternary nitrogens is 2. The van der Waals surface area contributed by atoms with Crippen molar-refractivity contribution >= 4 is 11.8 Å². The van der Waals surface area contributed by atoms with Crippen molar-refractivity contribution in [1.82, 2.24) is 15.5 Å². The molecule has 0 aliphatic heterocycles. The number of hydrogen-bond acceptors (Lipinski definition) is 4. The van der Waals surface area contributed by atoms with Gasteiger partial charge in [0.05, 0.1) is 12.4 Å². The van der Waals surface area contributed by atoms with Crippen LogP contribution in [0.3, 0.4) is 0 Å². The maximum atomic E-state index is 13.5. The molecule has 0 aromatic heterocycles. The van der Waals surface area contributed by atoms with Gasteiger partial charge in [-0.2, -0.15) is 0 Å². The molecule has 0 saturated carbocycles. The highest BCUT2D eigenvalue weighted by Crippen LogP contribution is 2.14. The molecule has 0 spiro atoms. The van der Waals surface area contributed by atoms with Gasteiger partial charge in [0, 0.05) is 26.1 Å². The second-order valence-corrected chi connectivity index (χ2v) is 15.6. The van der Waals surface area contributed by atoms with E-state index in [1.807, 2.05) is 4.90 Å². The van der Waals surface area contributed by atoms with Gasteiger partial charge in [-0.25, -0.2) is 0 Å². The van der Waals surface area contributed by atoms with E-state index in [4.69, 9.17) is 5.73 Å². The minimum atomic E-state index is -0.487. The van der Waals surface area contributed by atoms with Crippen LogP contribution < -0.4 is 65.1 Å². The van der Waals surface area contributed by atoms with E-state index < -0.39 is 6.04 Å². The normalized spacial score (nSPS) is 11.9. The Labute approximate surface area is 359 Å². The molecule has 55 heavy (non-hydrogen) atoms. The van der Waals surface area contributed by atoms with Crippen molar-refractivity contribution in [3.63, 3.8) is 0 Å². The summed E-state index contributed by atoms with van der Waals surface area (Å²) in [4.78, 5) is 28.2. The topological polar surface area (TPSA) is 143 Å². The molecular weight excluding hydrogens is 751 g/mol. The van der Waals surface area contributed by atoms with Gasteiger partial charge in [-0.1, -0.05) is 174 Å². The highest BCUT2D eigenvalue weighted by Gasteiger charge is 2.26. The summed E-state index contributed by atoms with van der Waals surface area (Å²) in [5, 5.41) is 5.91.